The molecule has 2 aliphatic heterocycles. The van der Waals surface area contributed by atoms with Gasteiger partial charge >= 0.3 is 0 Å². The molecule has 0 amide bonds. The van der Waals surface area contributed by atoms with Gasteiger partial charge in [-0.05, 0) is 37.1 Å². The largest absolute Gasteiger partial charge is 0.492 e. The minimum absolute atomic E-state index is 0.308. The predicted molar refractivity (Wildman–Crippen MR) is 132 cm³/mol. The van der Waals surface area contributed by atoms with Gasteiger partial charge in [0.25, 0.3) is 0 Å². The molecule has 0 N–H and O–H groups in total. The van der Waals surface area contributed by atoms with Gasteiger partial charge in [0, 0.05) is 57.4 Å². The summed E-state index contributed by atoms with van der Waals surface area (Å²) in [6, 6.07) is 9.05. The van der Waals surface area contributed by atoms with E-state index in [1.165, 1.54) is 12.3 Å². The highest BCUT2D eigenvalue weighted by atomic mass is 19.1. The molecule has 5 rings (SSSR count). The predicted octanol–water partition coefficient (Wildman–Crippen LogP) is 2.98. The zero-order chi connectivity index (χ0) is 24.9. The average Bonchev–Trinajstić information content (AvgIpc) is 3.35. The Bertz CT molecular complexity index is 1210. The second-order valence-electron chi connectivity index (χ2n) is 9.18. The highest BCUT2D eigenvalue weighted by Crippen LogP contribution is 2.43. The van der Waals surface area contributed by atoms with Gasteiger partial charge in [-0.1, -0.05) is 0 Å². The highest BCUT2D eigenvalue weighted by molar-refractivity contribution is 5.87. The molecule has 9 nitrogen and oxygen atoms in total. The van der Waals surface area contributed by atoms with Gasteiger partial charge in [-0.15, -0.1) is 10.2 Å². The number of benzene rings is 1. The Balaban J connectivity index is 1.44. The van der Waals surface area contributed by atoms with Crippen LogP contribution in [-0.4, -0.2) is 77.2 Å². The van der Waals surface area contributed by atoms with E-state index in [4.69, 9.17) is 9.47 Å². The first-order valence-electron chi connectivity index (χ1n) is 12.3. The number of hydrogen-bond donors (Lipinski definition) is 0. The first kappa shape index (κ1) is 24.2. The fourth-order valence-electron chi connectivity index (χ4n) is 5.05. The van der Waals surface area contributed by atoms with Crippen molar-refractivity contribution >= 4 is 5.69 Å². The first-order chi connectivity index (χ1) is 17.6. The molecule has 2 fully saturated rings. The van der Waals surface area contributed by atoms with Gasteiger partial charge in [0.15, 0.2) is 0 Å². The van der Waals surface area contributed by atoms with E-state index in [0.717, 1.165) is 81.4 Å². The number of rotatable bonds is 7. The SMILES string of the molecule is Cn1cnnc1C1CCN(c2c(C#N)ccc(OCCN3CCOCC3)c2-c2ccc(F)nc2)CC1. The van der Waals surface area contributed by atoms with Crippen molar-refractivity contribution < 1.29 is 13.9 Å². The lowest BCUT2D eigenvalue weighted by molar-refractivity contribution is 0.0323. The fraction of sp³-hybridized carbons (Fsp3) is 0.462. The van der Waals surface area contributed by atoms with E-state index in [1.807, 2.05) is 23.7 Å². The normalized spacial score (nSPS) is 17.2. The van der Waals surface area contributed by atoms with Crippen molar-refractivity contribution in [3.63, 3.8) is 0 Å². The number of hydrogen-bond acceptors (Lipinski definition) is 8. The number of piperidine rings is 1. The molecule has 1 aromatic carbocycles. The molecule has 4 heterocycles. The van der Waals surface area contributed by atoms with Crippen LogP contribution in [0.3, 0.4) is 0 Å². The van der Waals surface area contributed by atoms with Crippen LogP contribution in [-0.2, 0) is 11.8 Å². The summed E-state index contributed by atoms with van der Waals surface area (Å²) in [5, 5.41) is 18.3. The van der Waals surface area contributed by atoms with Crippen molar-refractivity contribution in [1.29, 1.82) is 5.26 Å². The maximum atomic E-state index is 13.7. The summed E-state index contributed by atoms with van der Waals surface area (Å²) in [4.78, 5) is 8.43. The van der Waals surface area contributed by atoms with Crippen LogP contribution < -0.4 is 9.64 Å². The molecule has 3 aromatic rings. The molecule has 2 aromatic heterocycles. The summed E-state index contributed by atoms with van der Waals surface area (Å²) in [5.74, 6) is 1.42. The molecule has 2 saturated heterocycles. The first-order valence-corrected chi connectivity index (χ1v) is 12.3. The summed E-state index contributed by atoms with van der Waals surface area (Å²) >= 11 is 0. The number of morpholine rings is 1. The van der Waals surface area contributed by atoms with Gasteiger partial charge < -0.3 is 18.9 Å². The van der Waals surface area contributed by atoms with Gasteiger partial charge in [0.05, 0.1) is 30.0 Å². The number of pyridine rings is 1. The molecule has 0 atom stereocenters. The number of nitrogens with zero attached hydrogens (tertiary/aromatic N) is 7. The van der Waals surface area contributed by atoms with Crippen molar-refractivity contribution in [3.8, 4) is 22.9 Å². The summed E-state index contributed by atoms with van der Waals surface area (Å²) < 4.78 is 27.4. The van der Waals surface area contributed by atoms with Crippen LogP contribution in [0.5, 0.6) is 5.75 Å². The molecule has 0 bridgehead atoms. The van der Waals surface area contributed by atoms with Gasteiger partial charge in [0.1, 0.15) is 30.6 Å². The third-order valence-electron chi connectivity index (χ3n) is 6.97. The van der Waals surface area contributed by atoms with Crippen molar-refractivity contribution in [3.05, 3.63) is 54.1 Å². The standard InChI is InChI=1S/C26H30FN7O2/c1-32-18-30-31-26(32)19-6-8-34(9-7-19)25-20(16-28)2-4-22(24(25)21-3-5-23(27)29-17-21)36-15-12-33-10-13-35-14-11-33/h2-5,17-19H,6-15H2,1H3. The highest BCUT2D eigenvalue weighted by Gasteiger charge is 2.28. The van der Waals surface area contributed by atoms with Crippen LogP contribution in [0.4, 0.5) is 10.1 Å². The molecule has 0 unspecified atom stereocenters. The summed E-state index contributed by atoms with van der Waals surface area (Å²) in [6.45, 7) is 6.03. The number of anilines is 1. The Morgan fingerprint density at radius 3 is 2.61 bits per heavy atom. The fourth-order valence-corrected chi connectivity index (χ4v) is 5.05. The minimum Gasteiger partial charge on any atom is -0.492 e. The van der Waals surface area contributed by atoms with Crippen molar-refractivity contribution in [1.82, 2.24) is 24.6 Å². The Hall–Kier alpha value is -3.55. The maximum absolute atomic E-state index is 13.7. The average molecular weight is 492 g/mol. The summed E-state index contributed by atoms with van der Waals surface area (Å²) in [6.07, 6.45) is 5.02. The third-order valence-corrected chi connectivity index (χ3v) is 6.97. The number of ether oxygens (including phenoxy) is 2. The van der Waals surface area contributed by atoms with Gasteiger partial charge in [-0.2, -0.15) is 9.65 Å². The van der Waals surface area contributed by atoms with E-state index >= 15 is 0 Å². The van der Waals surface area contributed by atoms with Gasteiger partial charge in [0.2, 0.25) is 5.95 Å². The number of aromatic nitrogens is 4. The van der Waals surface area contributed by atoms with Gasteiger partial charge in [-0.3, -0.25) is 4.90 Å². The Kier molecular flexibility index (Phi) is 7.39. The zero-order valence-corrected chi connectivity index (χ0v) is 20.4. The molecular formula is C26H30FN7O2. The lowest BCUT2D eigenvalue weighted by Crippen LogP contribution is -2.38. The van der Waals surface area contributed by atoms with Crippen molar-refractivity contribution in [2.24, 2.45) is 7.05 Å². The van der Waals surface area contributed by atoms with E-state index in [0.29, 0.717) is 23.8 Å². The van der Waals surface area contributed by atoms with Gasteiger partial charge in [-0.25, -0.2) is 4.98 Å². The van der Waals surface area contributed by atoms with Crippen LogP contribution in [0.25, 0.3) is 11.1 Å². The van der Waals surface area contributed by atoms with Crippen LogP contribution in [0.2, 0.25) is 0 Å². The topological polar surface area (TPSA) is 92.3 Å². The van der Waals surface area contributed by atoms with Crippen LogP contribution in [0.1, 0.15) is 30.1 Å². The molecular weight excluding hydrogens is 461 g/mol. The van der Waals surface area contributed by atoms with E-state index < -0.39 is 5.95 Å². The molecule has 36 heavy (non-hydrogen) atoms. The molecule has 188 valence electrons. The molecule has 0 radical (unpaired) electrons. The monoisotopic (exact) mass is 491 g/mol. The number of nitriles is 1. The smallest absolute Gasteiger partial charge is 0.212 e. The lowest BCUT2D eigenvalue weighted by Gasteiger charge is -2.35. The molecule has 10 heteroatoms. The third kappa shape index (κ3) is 5.17. The van der Waals surface area contributed by atoms with E-state index in [2.05, 4.69) is 31.1 Å². The van der Waals surface area contributed by atoms with E-state index in [9.17, 15) is 9.65 Å². The Morgan fingerprint density at radius 1 is 1.14 bits per heavy atom. The van der Waals surface area contributed by atoms with Crippen molar-refractivity contribution in [2.75, 3.05) is 57.4 Å². The van der Waals surface area contributed by atoms with Crippen molar-refractivity contribution in [2.45, 2.75) is 18.8 Å². The second-order valence-corrected chi connectivity index (χ2v) is 9.18. The molecule has 0 spiro atoms. The molecule has 2 aliphatic rings. The second kappa shape index (κ2) is 11.0. The summed E-state index contributed by atoms with van der Waals surface area (Å²) in [7, 11) is 1.97. The molecule has 0 aliphatic carbocycles. The molecule has 0 saturated carbocycles. The number of aryl methyl sites for hydroxylation is 1. The zero-order valence-electron chi connectivity index (χ0n) is 20.4. The number of halogens is 1. The lowest BCUT2D eigenvalue weighted by atomic mass is 9.93. The Labute approximate surface area is 210 Å². The quantitative estimate of drug-likeness (QED) is 0.466. The maximum Gasteiger partial charge on any atom is 0.212 e. The minimum atomic E-state index is -0.545. The van der Waals surface area contributed by atoms with E-state index in [-0.39, 0.29) is 0 Å². The summed E-state index contributed by atoms with van der Waals surface area (Å²) in [5.41, 5.74) is 2.87. The van der Waals surface area contributed by atoms with E-state index in [1.54, 1.807) is 12.4 Å². The van der Waals surface area contributed by atoms with Crippen LogP contribution in [0, 0.1) is 17.3 Å². The van der Waals surface area contributed by atoms with Crippen LogP contribution in [0.15, 0.2) is 36.8 Å². The Morgan fingerprint density at radius 2 is 1.94 bits per heavy atom. The van der Waals surface area contributed by atoms with Crippen LogP contribution >= 0.6 is 0 Å².